The zero-order chi connectivity index (χ0) is 22.2. The SMILES string of the molecule is COC(=O)c1cc(C(C)O)ccc1OCC(=O)NCCN(C)C(=O)OC(C)(C)C. The highest BCUT2D eigenvalue weighted by Crippen LogP contribution is 2.24. The van der Waals surface area contributed by atoms with Gasteiger partial charge in [0.25, 0.3) is 5.91 Å². The first-order valence-corrected chi connectivity index (χ1v) is 9.18. The van der Waals surface area contributed by atoms with Gasteiger partial charge in [0.15, 0.2) is 6.61 Å². The van der Waals surface area contributed by atoms with E-state index in [1.54, 1.807) is 40.8 Å². The Kier molecular flexibility index (Phi) is 8.90. The van der Waals surface area contributed by atoms with Gasteiger partial charge in [0.05, 0.1) is 13.2 Å². The Bertz CT molecular complexity index is 726. The molecule has 2 amide bonds. The molecule has 2 N–H and O–H groups in total. The van der Waals surface area contributed by atoms with E-state index >= 15 is 0 Å². The summed E-state index contributed by atoms with van der Waals surface area (Å²) in [5.41, 5.74) is 0.0408. The average Bonchev–Trinajstić information content (AvgIpc) is 2.63. The normalized spacial score (nSPS) is 12.0. The Morgan fingerprint density at radius 1 is 1.24 bits per heavy atom. The van der Waals surface area contributed by atoms with Crippen LogP contribution in [-0.4, -0.2) is 67.4 Å². The van der Waals surface area contributed by atoms with Crippen LogP contribution in [0, 0.1) is 0 Å². The van der Waals surface area contributed by atoms with E-state index in [-0.39, 0.29) is 31.0 Å². The molecule has 1 aromatic rings. The molecule has 0 fully saturated rings. The first-order valence-electron chi connectivity index (χ1n) is 9.18. The molecule has 0 heterocycles. The standard InChI is InChI=1S/C20H30N2O7/c1-13(23)14-7-8-16(15(11-14)18(25)27-6)28-12-17(24)21-9-10-22(5)19(26)29-20(2,3)4/h7-8,11,13,23H,9-10,12H2,1-6H3,(H,21,24). The van der Waals surface area contributed by atoms with E-state index in [4.69, 9.17) is 14.2 Å². The number of likely N-dealkylation sites (N-methyl/N-ethyl adjacent to an activating group) is 1. The summed E-state index contributed by atoms with van der Waals surface area (Å²) in [6, 6.07) is 4.55. The Labute approximate surface area is 170 Å². The van der Waals surface area contributed by atoms with Gasteiger partial charge in [-0.15, -0.1) is 0 Å². The lowest BCUT2D eigenvalue weighted by molar-refractivity contribution is -0.123. The van der Waals surface area contributed by atoms with Crippen LogP contribution in [0.5, 0.6) is 5.75 Å². The Balaban J connectivity index is 2.56. The largest absolute Gasteiger partial charge is 0.483 e. The topological polar surface area (TPSA) is 114 Å². The Hall–Kier alpha value is -2.81. The number of aliphatic hydroxyl groups excluding tert-OH is 1. The highest BCUT2D eigenvalue weighted by molar-refractivity contribution is 5.93. The van der Waals surface area contributed by atoms with Crippen molar-refractivity contribution in [2.75, 3.05) is 33.9 Å². The molecule has 0 saturated heterocycles. The molecule has 0 aliphatic heterocycles. The number of hydrogen-bond acceptors (Lipinski definition) is 7. The average molecular weight is 410 g/mol. The molecule has 9 heteroatoms. The fourth-order valence-electron chi connectivity index (χ4n) is 2.19. The summed E-state index contributed by atoms with van der Waals surface area (Å²) in [5, 5.41) is 12.3. The molecule has 0 aromatic heterocycles. The summed E-state index contributed by atoms with van der Waals surface area (Å²) in [7, 11) is 2.80. The van der Waals surface area contributed by atoms with Crippen molar-refractivity contribution in [3.05, 3.63) is 29.3 Å². The number of carbonyl (C=O) groups excluding carboxylic acids is 3. The van der Waals surface area contributed by atoms with Gasteiger partial charge in [-0.1, -0.05) is 6.07 Å². The minimum absolute atomic E-state index is 0.114. The van der Waals surface area contributed by atoms with E-state index in [9.17, 15) is 19.5 Å². The number of carbonyl (C=O) groups is 3. The number of hydrogen-bond donors (Lipinski definition) is 2. The predicted molar refractivity (Wildman–Crippen MR) is 106 cm³/mol. The van der Waals surface area contributed by atoms with Gasteiger partial charge in [-0.2, -0.15) is 0 Å². The lowest BCUT2D eigenvalue weighted by atomic mass is 10.1. The van der Waals surface area contributed by atoms with Crippen molar-refractivity contribution in [1.29, 1.82) is 0 Å². The van der Waals surface area contributed by atoms with Gasteiger partial charge < -0.3 is 29.5 Å². The molecule has 0 aliphatic rings. The van der Waals surface area contributed by atoms with Gasteiger partial charge in [0.1, 0.15) is 16.9 Å². The van der Waals surface area contributed by atoms with Crippen molar-refractivity contribution >= 4 is 18.0 Å². The molecule has 162 valence electrons. The second-order valence-corrected chi connectivity index (χ2v) is 7.46. The quantitative estimate of drug-likeness (QED) is 0.629. The minimum Gasteiger partial charge on any atom is -0.483 e. The molecular formula is C20H30N2O7. The first kappa shape index (κ1) is 24.2. The van der Waals surface area contributed by atoms with Crippen LogP contribution < -0.4 is 10.1 Å². The third kappa shape index (κ3) is 8.39. The Morgan fingerprint density at radius 3 is 2.45 bits per heavy atom. The van der Waals surface area contributed by atoms with Crippen LogP contribution in [0.2, 0.25) is 0 Å². The van der Waals surface area contributed by atoms with E-state index in [2.05, 4.69) is 5.32 Å². The van der Waals surface area contributed by atoms with Crippen LogP contribution in [0.25, 0.3) is 0 Å². The maximum absolute atomic E-state index is 12.0. The number of ether oxygens (including phenoxy) is 3. The summed E-state index contributed by atoms with van der Waals surface area (Å²) >= 11 is 0. The van der Waals surface area contributed by atoms with Crippen molar-refractivity contribution in [3.8, 4) is 5.75 Å². The van der Waals surface area contributed by atoms with Gasteiger partial charge in [0, 0.05) is 20.1 Å². The summed E-state index contributed by atoms with van der Waals surface area (Å²) in [6.07, 6.45) is -1.25. The fraction of sp³-hybridized carbons (Fsp3) is 0.550. The number of methoxy groups -OCH3 is 1. The number of benzene rings is 1. The van der Waals surface area contributed by atoms with Crippen LogP contribution >= 0.6 is 0 Å². The second-order valence-electron chi connectivity index (χ2n) is 7.46. The molecule has 9 nitrogen and oxygen atoms in total. The van der Waals surface area contributed by atoms with Crippen molar-refractivity contribution in [2.24, 2.45) is 0 Å². The Morgan fingerprint density at radius 2 is 1.90 bits per heavy atom. The molecule has 1 atom stereocenters. The summed E-state index contributed by atoms with van der Waals surface area (Å²) in [6.45, 7) is 7.03. The second kappa shape index (κ2) is 10.7. The van der Waals surface area contributed by atoms with Crippen LogP contribution in [0.4, 0.5) is 4.79 Å². The fourth-order valence-corrected chi connectivity index (χ4v) is 2.19. The van der Waals surface area contributed by atoms with Crippen molar-refractivity contribution < 1.29 is 33.7 Å². The third-order valence-corrected chi connectivity index (χ3v) is 3.72. The maximum atomic E-state index is 12.0. The van der Waals surface area contributed by atoms with Crippen LogP contribution in [0.1, 0.15) is 49.7 Å². The van der Waals surface area contributed by atoms with Crippen LogP contribution in [0.15, 0.2) is 18.2 Å². The first-order chi connectivity index (χ1) is 13.4. The molecular weight excluding hydrogens is 380 g/mol. The van der Waals surface area contributed by atoms with Gasteiger partial charge in [0.2, 0.25) is 0 Å². The summed E-state index contributed by atoms with van der Waals surface area (Å²) in [5.74, 6) is -0.887. The van der Waals surface area contributed by atoms with Gasteiger partial charge in [-0.25, -0.2) is 9.59 Å². The minimum atomic E-state index is -0.766. The zero-order valence-corrected chi connectivity index (χ0v) is 17.8. The number of rotatable bonds is 8. The van der Waals surface area contributed by atoms with Crippen LogP contribution in [0.3, 0.4) is 0 Å². The van der Waals surface area contributed by atoms with E-state index in [0.29, 0.717) is 5.56 Å². The molecule has 0 aliphatic carbocycles. The third-order valence-electron chi connectivity index (χ3n) is 3.72. The number of aliphatic hydroxyl groups is 1. The molecule has 29 heavy (non-hydrogen) atoms. The number of esters is 1. The summed E-state index contributed by atoms with van der Waals surface area (Å²) < 4.78 is 15.4. The van der Waals surface area contributed by atoms with E-state index in [1.807, 2.05) is 0 Å². The number of amides is 2. The predicted octanol–water partition coefficient (Wildman–Crippen LogP) is 1.89. The molecule has 0 spiro atoms. The van der Waals surface area contributed by atoms with Crippen molar-refractivity contribution in [1.82, 2.24) is 10.2 Å². The van der Waals surface area contributed by atoms with Crippen molar-refractivity contribution in [2.45, 2.75) is 39.4 Å². The lowest BCUT2D eigenvalue weighted by Gasteiger charge is -2.24. The van der Waals surface area contributed by atoms with Gasteiger partial charge in [-0.3, -0.25) is 4.79 Å². The van der Waals surface area contributed by atoms with E-state index < -0.39 is 29.7 Å². The smallest absolute Gasteiger partial charge is 0.410 e. The monoisotopic (exact) mass is 410 g/mol. The van der Waals surface area contributed by atoms with Crippen molar-refractivity contribution in [3.63, 3.8) is 0 Å². The molecule has 1 unspecified atom stereocenters. The number of nitrogens with one attached hydrogen (secondary N) is 1. The number of nitrogens with zero attached hydrogens (tertiary/aromatic N) is 1. The maximum Gasteiger partial charge on any atom is 0.410 e. The van der Waals surface area contributed by atoms with Crippen LogP contribution in [-0.2, 0) is 14.3 Å². The lowest BCUT2D eigenvalue weighted by Crippen LogP contribution is -2.40. The highest BCUT2D eigenvalue weighted by Gasteiger charge is 2.20. The molecule has 0 saturated carbocycles. The van der Waals surface area contributed by atoms with Gasteiger partial charge in [-0.05, 0) is 45.4 Å². The van der Waals surface area contributed by atoms with Gasteiger partial charge >= 0.3 is 12.1 Å². The van der Waals surface area contributed by atoms with E-state index in [1.165, 1.54) is 24.1 Å². The molecule has 0 bridgehead atoms. The zero-order valence-electron chi connectivity index (χ0n) is 17.8. The molecule has 1 rings (SSSR count). The summed E-state index contributed by atoms with van der Waals surface area (Å²) in [4.78, 5) is 37.1. The van der Waals surface area contributed by atoms with E-state index in [0.717, 1.165) is 0 Å². The highest BCUT2D eigenvalue weighted by atomic mass is 16.6. The molecule has 1 aromatic carbocycles. The molecule has 0 radical (unpaired) electrons.